The van der Waals surface area contributed by atoms with Gasteiger partial charge in [-0.05, 0) is 18.9 Å². The Kier molecular flexibility index (Phi) is 6.07. The molecular weight excluding hydrogens is 404 g/mol. The van der Waals surface area contributed by atoms with Crippen molar-refractivity contribution in [2.75, 3.05) is 26.2 Å². The van der Waals surface area contributed by atoms with E-state index in [1.807, 2.05) is 0 Å². The topological polar surface area (TPSA) is 86.9 Å². The minimum atomic E-state index is -4.89. The fourth-order valence-electron chi connectivity index (χ4n) is 2.88. The summed E-state index contributed by atoms with van der Waals surface area (Å²) >= 11 is 0. The standard InChI is InChI=1S/C14H19F6N3O3S/c15-13(16,17)9-1-3-23(4-2-9)27(25,26)11-5-10(21)6-22(7-11)8-12(24)14(18,19)20/h5,7,9,12,24H,1-4,6,8,21H2. The first-order valence-corrected chi connectivity index (χ1v) is 9.39. The van der Waals surface area contributed by atoms with E-state index in [4.69, 9.17) is 10.8 Å². The SMILES string of the molecule is NC1=CC(S(=O)(=O)N2CCC(C(F)(F)F)CC2)=CN(CC(O)C(F)(F)F)C1. The molecule has 0 aromatic rings. The van der Waals surface area contributed by atoms with Gasteiger partial charge in [-0.3, -0.25) is 0 Å². The highest BCUT2D eigenvalue weighted by Crippen LogP contribution is 2.35. The van der Waals surface area contributed by atoms with Gasteiger partial charge in [0.2, 0.25) is 10.0 Å². The van der Waals surface area contributed by atoms with Crippen LogP contribution in [-0.2, 0) is 10.0 Å². The van der Waals surface area contributed by atoms with Gasteiger partial charge in [-0.2, -0.15) is 30.6 Å². The number of nitrogens with zero attached hydrogens (tertiary/aromatic N) is 2. The molecule has 1 unspecified atom stereocenters. The van der Waals surface area contributed by atoms with Gasteiger partial charge in [0.25, 0.3) is 0 Å². The molecule has 13 heteroatoms. The Morgan fingerprint density at radius 2 is 1.74 bits per heavy atom. The second-order valence-corrected chi connectivity index (χ2v) is 8.40. The normalized spacial score (nSPS) is 22.4. The molecule has 0 amide bonds. The number of hydrogen-bond donors (Lipinski definition) is 2. The molecule has 0 aromatic heterocycles. The van der Waals surface area contributed by atoms with Crippen LogP contribution in [0.4, 0.5) is 26.3 Å². The van der Waals surface area contributed by atoms with Gasteiger partial charge in [-0.1, -0.05) is 0 Å². The zero-order chi connectivity index (χ0) is 20.6. The Bertz CT molecular complexity index is 709. The number of alkyl halides is 6. The summed E-state index contributed by atoms with van der Waals surface area (Å²) < 4.78 is 102. The third-order valence-corrected chi connectivity index (χ3v) is 6.23. The molecule has 0 saturated carbocycles. The van der Waals surface area contributed by atoms with E-state index in [9.17, 15) is 34.8 Å². The fourth-order valence-corrected chi connectivity index (χ4v) is 4.45. The van der Waals surface area contributed by atoms with Crippen LogP contribution in [-0.4, -0.2) is 67.4 Å². The Hall–Kier alpha value is -1.47. The molecule has 0 bridgehead atoms. The predicted octanol–water partition coefficient (Wildman–Crippen LogP) is 1.51. The van der Waals surface area contributed by atoms with Crippen molar-refractivity contribution in [2.45, 2.75) is 31.3 Å². The van der Waals surface area contributed by atoms with Crippen LogP contribution >= 0.6 is 0 Å². The van der Waals surface area contributed by atoms with E-state index >= 15 is 0 Å². The molecule has 0 spiro atoms. The number of aliphatic hydroxyl groups is 1. The van der Waals surface area contributed by atoms with Gasteiger partial charge in [-0.25, -0.2) is 8.42 Å². The van der Waals surface area contributed by atoms with Gasteiger partial charge in [0.1, 0.15) is 0 Å². The lowest BCUT2D eigenvalue weighted by molar-refractivity contribution is -0.206. The van der Waals surface area contributed by atoms with E-state index in [1.165, 1.54) is 0 Å². The number of aliphatic hydroxyl groups excluding tert-OH is 1. The molecule has 2 rings (SSSR count). The molecule has 2 aliphatic heterocycles. The molecule has 0 aliphatic carbocycles. The van der Waals surface area contributed by atoms with Crippen LogP contribution in [0.25, 0.3) is 0 Å². The second kappa shape index (κ2) is 7.51. The fraction of sp³-hybridized carbons (Fsp3) is 0.714. The maximum atomic E-state index is 12.7. The van der Waals surface area contributed by atoms with Crippen LogP contribution in [0.2, 0.25) is 0 Å². The van der Waals surface area contributed by atoms with Crippen LogP contribution < -0.4 is 5.73 Å². The first-order valence-electron chi connectivity index (χ1n) is 7.95. The molecule has 2 heterocycles. The smallest absolute Gasteiger partial charge is 0.401 e. The van der Waals surface area contributed by atoms with Gasteiger partial charge in [0.05, 0.1) is 23.9 Å². The van der Waals surface area contributed by atoms with Crippen LogP contribution in [0.15, 0.2) is 22.9 Å². The molecule has 0 radical (unpaired) electrons. The molecule has 1 atom stereocenters. The summed E-state index contributed by atoms with van der Waals surface area (Å²) in [6.07, 6.45) is -10.8. The van der Waals surface area contributed by atoms with Crippen molar-refractivity contribution in [1.29, 1.82) is 0 Å². The maximum Gasteiger partial charge on any atom is 0.416 e. The number of halogens is 6. The van der Waals surface area contributed by atoms with Gasteiger partial charge in [0, 0.05) is 25.0 Å². The zero-order valence-electron chi connectivity index (χ0n) is 14.0. The average Bonchev–Trinajstić information content (AvgIpc) is 2.52. The van der Waals surface area contributed by atoms with E-state index in [-0.39, 0.29) is 25.3 Å². The highest BCUT2D eigenvalue weighted by Gasteiger charge is 2.44. The van der Waals surface area contributed by atoms with Crippen LogP contribution in [0.1, 0.15) is 12.8 Å². The highest BCUT2D eigenvalue weighted by molar-refractivity contribution is 7.93. The van der Waals surface area contributed by atoms with E-state index in [0.29, 0.717) is 0 Å². The Morgan fingerprint density at radius 1 is 1.19 bits per heavy atom. The molecular formula is C14H19F6N3O3S. The molecule has 1 saturated heterocycles. The molecule has 1 fully saturated rings. The van der Waals surface area contributed by atoms with Crippen molar-refractivity contribution in [3.05, 3.63) is 22.9 Å². The average molecular weight is 423 g/mol. The Morgan fingerprint density at radius 3 is 2.22 bits per heavy atom. The van der Waals surface area contributed by atoms with Crippen molar-refractivity contribution in [3.8, 4) is 0 Å². The summed E-state index contributed by atoms with van der Waals surface area (Å²) in [4.78, 5) is 0.481. The lowest BCUT2D eigenvalue weighted by Gasteiger charge is -2.34. The van der Waals surface area contributed by atoms with Gasteiger partial charge >= 0.3 is 12.4 Å². The van der Waals surface area contributed by atoms with Crippen molar-refractivity contribution in [3.63, 3.8) is 0 Å². The Labute approximate surface area is 152 Å². The van der Waals surface area contributed by atoms with Crippen molar-refractivity contribution < 1.29 is 39.9 Å². The van der Waals surface area contributed by atoms with Crippen molar-refractivity contribution >= 4 is 10.0 Å². The summed E-state index contributed by atoms with van der Waals surface area (Å²) in [5.74, 6) is -1.59. The van der Waals surface area contributed by atoms with Gasteiger partial charge in [0.15, 0.2) is 6.10 Å². The largest absolute Gasteiger partial charge is 0.416 e. The minimum absolute atomic E-state index is 0.0457. The molecule has 3 N–H and O–H groups in total. The zero-order valence-corrected chi connectivity index (χ0v) is 14.8. The van der Waals surface area contributed by atoms with Gasteiger partial charge in [-0.15, -0.1) is 0 Å². The lowest BCUT2D eigenvalue weighted by Crippen LogP contribution is -2.44. The summed E-state index contributed by atoms with van der Waals surface area (Å²) in [5.41, 5.74) is 5.54. The summed E-state index contributed by atoms with van der Waals surface area (Å²) in [6, 6.07) is 0. The van der Waals surface area contributed by atoms with Crippen LogP contribution in [0.3, 0.4) is 0 Å². The van der Waals surface area contributed by atoms with E-state index in [0.717, 1.165) is 21.5 Å². The molecule has 27 heavy (non-hydrogen) atoms. The van der Waals surface area contributed by atoms with Crippen LogP contribution in [0.5, 0.6) is 0 Å². The number of sulfonamides is 1. The van der Waals surface area contributed by atoms with E-state index in [1.54, 1.807) is 0 Å². The van der Waals surface area contributed by atoms with Crippen LogP contribution in [0, 0.1) is 5.92 Å². The van der Waals surface area contributed by atoms with Crippen molar-refractivity contribution in [1.82, 2.24) is 9.21 Å². The number of allylic oxidation sites excluding steroid dienone is 1. The van der Waals surface area contributed by atoms with Crippen molar-refractivity contribution in [2.24, 2.45) is 11.7 Å². The molecule has 156 valence electrons. The molecule has 2 aliphatic rings. The van der Waals surface area contributed by atoms with Gasteiger partial charge < -0.3 is 15.7 Å². The summed E-state index contributed by atoms with van der Waals surface area (Å²) in [6.45, 7) is -1.86. The summed E-state index contributed by atoms with van der Waals surface area (Å²) in [5, 5.41) is 9.14. The van der Waals surface area contributed by atoms with E-state index < -0.39 is 58.7 Å². The number of hydrogen-bond acceptors (Lipinski definition) is 5. The number of piperidine rings is 1. The van der Waals surface area contributed by atoms with E-state index in [2.05, 4.69) is 0 Å². The third kappa shape index (κ3) is 5.29. The maximum absolute atomic E-state index is 12.7. The first-order chi connectivity index (χ1) is 12.2. The predicted molar refractivity (Wildman–Crippen MR) is 83.3 cm³/mol. The Balaban J connectivity index is 2.14. The summed E-state index contributed by atoms with van der Waals surface area (Å²) in [7, 11) is -4.22. The number of nitrogens with two attached hydrogens (primary N) is 1. The molecule has 0 aromatic carbocycles. The third-order valence-electron chi connectivity index (χ3n) is 4.36. The quantitative estimate of drug-likeness (QED) is 0.670. The second-order valence-electron chi connectivity index (χ2n) is 6.46. The molecule has 6 nitrogen and oxygen atoms in total. The minimum Gasteiger partial charge on any atom is -0.401 e. The monoisotopic (exact) mass is 423 g/mol. The highest BCUT2D eigenvalue weighted by atomic mass is 32.2. The number of β-amino-alcohol motifs (C(OH)–C–C–N with tert-alkyl or cyclic N) is 1. The number of rotatable bonds is 4. The first kappa shape index (κ1) is 21.8. The lowest BCUT2D eigenvalue weighted by atomic mass is 9.98.